The van der Waals surface area contributed by atoms with Gasteiger partial charge in [-0.25, -0.2) is 4.99 Å². The summed E-state index contributed by atoms with van der Waals surface area (Å²) >= 11 is 0. The second-order valence-electron chi connectivity index (χ2n) is 4.13. The summed E-state index contributed by atoms with van der Waals surface area (Å²) in [6, 6.07) is 8.36. The molecule has 1 unspecified atom stereocenters. The molecule has 0 aromatic heterocycles. The molecule has 0 heterocycles. The summed E-state index contributed by atoms with van der Waals surface area (Å²) in [6.07, 6.45) is 3.20. The van der Waals surface area contributed by atoms with Gasteiger partial charge in [-0.3, -0.25) is 0 Å². The maximum absolute atomic E-state index is 5.67. The Morgan fingerprint density at radius 3 is 2.61 bits per heavy atom. The average Bonchev–Trinajstić information content (AvgIpc) is 2.28. The van der Waals surface area contributed by atoms with Crippen molar-refractivity contribution in [1.29, 1.82) is 0 Å². The number of benzene rings is 1. The van der Waals surface area contributed by atoms with Crippen molar-refractivity contribution < 1.29 is 0 Å². The van der Waals surface area contributed by atoms with Gasteiger partial charge in [0.1, 0.15) is 0 Å². The van der Waals surface area contributed by atoms with Crippen LogP contribution in [0.5, 0.6) is 0 Å². The summed E-state index contributed by atoms with van der Waals surface area (Å²) in [4.78, 5) is 8.11. The van der Waals surface area contributed by atoms with E-state index < -0.39 is 0 Å². The Morgan fingerprint density at radius 2 is 1.89 bits per heavy atom. The minimum absolute atomic E-state index is 0. The minimum atomic E-state index is -0.0599. The zero-order chi connectivity index (χ0) is 12.3. The van der Waals surface area contributed by atoms with E-state index in [9.17, 15) is 0 Å². The molecule has 0 saturated carbocycles. The zero-order valence-electron chi connectivity index (χ0n) is 10.0. The monoisotopic (exact) mass is 267 g/mol. The third-order valence-electron chi connectivity index (χ3n) is 2.87. The highest BCUT2D eigenvalue weighted by molar-refractivity contribution is 5.92. The summed E-state index contributed by atoms with van der Waals surface area (Å²) in [5, 5.41) is 0. The van der Waals surface area contributed by atoms with E-state index in [4.69, 9.17) is 17.2 Å². The van der Waals surface area contributed by atoms with Crippen LogP contribution in [0.1, 0.15) is 30.0 Å². The smallest absolute Gasteiger partial charge is 0.219 e. The summed E-state index contributed by atoms with van der Waals surface area (Å²) in [6.45, 7) is 0. The molecule has 18 heavy (non-hydrogen) atoms. The van der Waals surface area contributed by atoms with Crippen LogP contribution in [-0.4, -0.2) is 11.9 Å². The van der Waals surface area contributed by atoms with Gasteiger partial charge in [0.05, 0.1) is 6.04 Å². The molecule has 0 saturated heterocycles. The van der Waals surface area contributed by atoms with E-state index in [-0.39, 0.29) is 30.4 Å². The molecule has 6 heteroatoms. The van der Waals surface area contributed by atoms with Crippen molar-refractivity contribution in [2.24, 2.45) is 27.2 Å². The van der Waals surface area contributed by atoms with Crippen LogP contribution in [0.3, 0.4) is 0 Å². The first-order valence-corrected chi connectivity index (χ1v) is 5.67. The number of aryl methyl sites for hydroxylation is 1. The molecule has 0 amide bonds. The molecule has 1 aliphatic rings. The highest BCUT2D eigenvalue weighted by atomic mass is 35.5. The van der Waals surface area contributed by atoms with Crippen molar-refractivity contribution in [3.05, 3.63) is 35.4 Å². The molecule has 6 N–H and O–H groups in total. The first kappa shape index (κ1) is 14.3. The van der Waals surface area contributed by atoms with Crippen molar-refractivity contribution in [2.45, 2.75) is 25.3 Å². The number of rotatable bonds is 1. The third-order valence-corrected chi connectivity index (χ3v) is 2.87. The fourth-order valence-corrected chi connectivity index (χ4v) is 2.18. The molecule has 1 aromatic rings. The SMILES string of the molecule is Cl.NC(N)=NC(N)=NC1CCCc2ccccc21. The second kappa shape index (κ2) is 6.26. The van der Waals surface area contributed by atoms with Crippen molar-refractivity contribution in [1.82, 2.24) is 0 Å². The lowest BCUT2D eigenvalue weighted by atomic mass is 9.88. The Balaban J connectivity index is 0.00000162. The lowest BCUT2D eigenvalue weighted by Gasteiger charge is -2.22. The number of hydrogen-bond donors (Lipinski definition) is 3. The van der Waals surface area contributed by atoms with E-state index in [1.807, 2.05) is 12.1 Å². The number of hydrogen-bond acceptors (Lipinski definition) is 1. The van der Waals surface area contributed by atoms with Gasteiger partial charge in [-0.1, -0.05) is 24.3 Å². The van der Waals surface area contributed by atoms with E-state index in [0.29, 0.717) is 0 Å². The van der Waals surface area contributed by atoms with Gasteiger partial charge in [0.15, 0.2) is 5.96 Å². The Hall–Kier alpha value is -1.75. The van der Waals surface area contributed by atoms with Crippen LogP contribution in [-0.2, 0) is 6.42 Å². The van der Waals surface area contributed by atoms with E-state index in [1.54, 1.807) is 0 Å². The molecule has 0 aliphatic heterocycles. The number of halogens is 1. The zero-order valence-corrected chi connectivity index (χ0v) is 10.9. The summed E-state index contributed by atoms with van der Waals surface area (Å²) in [7, 11) is 0. The molecule has 0 bridgehead atoms. The topological polar surface area (TPSA) is 103 Å². The number of nitrogens with two attached hydrogens (primary N) is 3. The third kappa shape index (κ3) is 3.37. The minimum Gasteiger partial charge on any atom is -0.370 e. The number of aliphatic imine (C=N–C) groups is 2. The second-order valence-corrected chi connectivity index (χ2v) is 4.13. The van der Waals surface area contributed by atoms with Gasteiger partial charge in [0.2, 0.25) is 5.96 Å². The van der Waals surface area contributed by atoms with E-state index >= 15 is 0 Å². The first-order valence-electron chi connectivity index (χ1n) is 5.67. The van der Waals surface area contributed by atoms with Crippen LogP contribution in [0.15, 0.2) is 34.3 Å². The molecule has 0 radical (unpaired) electrons. The highest BCUT2D eigenvalue weighted by Crippen LogP contribution is 2.32. The molecule has 0 fully saturated rings. The maximum atomic E-state index is 5.67. The van der Waals surface area contributed by atoms with Gasteiger partial charge >= 0.3 is 0 Å². The molecule has 1 aromatic carbocycles. The fourth-order valence-electron chi connectivity index (χ4n) is 2.18. The molecule has 0 spiro atoms. The van der Waals surface area contributed by atoms with Crippen molar-refractivity contribution in [2.75, 3.05) is 0 Å². The van der Waals surface area contributed by atoms with Crippen LogP contribution >= 0.6 is 12.4 Å². The van der Waals surface area contributed by atoms with Crippen molar-refractivity contribution >= 4 is 24.3 Å². The Kier molecular flexibility index (Phi) is 4.97. The Labute approximate surface area is 113 Å². The van der Waals surface area contributed by atoms with Crippen LogP contribution in [0, 0.1) is 0 Å². The normalized spacial score (nSPS) is 18.4. The number of fused-ring (bicyclic) bond motifs is 1. The summed E-state index contributed by atoms with van der Waals surface area (Å²) in [5.41, 5.74) is 18.8. The van der Waals surface area contributed by atoms with E-state index in [0.717, 1.165) is 19.3 Å². The van der Waals surface area contributed by atoms with Crippen LogP contribution in [0.2, 0.25) is 0 Å². The first-order chi connectivity index (χ1) is 8.16. The lowest BCUT2D eigenvalue weighted by Crippen LogP contribution is -2.27. The quantitative estimate of drug-likeness (QED) is 0.524. The molecule has 98 valence electrons. The molecule has 2 rings (SSSR count). The number of nitrogens with zero attached hydrogens (tertiary/aromatic N) is 2. The van der Waals surface area contributed by atoms with Crippen LogP contribution < -0.4 is 17.2 Å². The fraction of sp³-hybridized carbons (Fsp3) is 0.333. The molecule has 5 nitrogen and oxygen atoms in total. The summed E-state index contributed by atoms with van der Waals surface area (Å²) in [5.74, 6) is 0.0852. The maximum Gasteiger partial charge on any atom is 0.219 e. The molecule has 1 atom stereocenters. The number of guanidine groups is 2. The van der Waals surface area contributed by atoms with E-state index in [1.165, 1.54) is 11.1 Å². The molecule has 1 aliphatic carbocycles. The van der Waals surface area contributed by atoms with Crippen LogP contribution in [0.4, 0.5) is 0 Å². The predicted molar refractivity (Wildman–Crippen MR) is 76.8 cm³/mol. The van der Waals surface area contributed by atoms with Gasteiger partial charge in [-0.2, -0.15) is 4.99 Å². The van der Waals surface area contributed by atoms with Crippen molar-refractivity contribution in [3.63, 3.8) is 0 Å². The Bertz CT molecular complexity index is 465. The van der Waals surface area contributed by atoms with Gasteiger partial charge in [-0.15, -0.1) is 12.4 Å². The molecular weight excluding hydrogens is 250 g/mol. The van der Waals surface area contributed by atoms with Gasteiger partial charge in [-0.05, 0) is 30.4 Å². The molecular formula is C12H18ClN5. The van der Waals surface area contributed by atoms with Gasteiger partial charge in [0.25, 0.3) is 0 Å². The summed E-state index contributed by atoms with van der Waals surface area (Å²) < 4.78 is 0. The highest BCUT2D eigenvalue weighted by Gasteiger charge is 2.18. The van der Waals surface area contributed by atoms with Gasteiger partial charge < -0.3 is 17.2 Å². The standard InChI is InChI=1S/C12H17N5.ClH/c13-11(14)17-12(15)16-10-7-3-5-8-4-1-2-6-9(8)10;/h1-2,4,6,10H,3,5,7H2,(H6,13,14,15,16,17);1H. The average molecular weight is 268 g/mol. The lowest BCUT2D eigenvalue weighted by molar-refractivity contribution is 0.572. The Morgan fingerprint density at radius 1 is 1.17 bits per heavy atom. The van der Waals surface area contributed by atoms with E-state index in [2.05, 4.69) is 22.1 Å². The van der Waals surface area contributed by atoms with Crippen molar-refractivity contribution in [3.8, 4) is 0 Å². The predicted octanol–water partition coefficient (Wildman–Crippen LogP) is 1.07. The van der Waals surface area contributed by atoms with Gasteiger partial charge in [0, 0.05) is 0 Å². The largest absolute Gasteiger partial charge is 0.370 e. The van der Waals surface area contributed by atoms with Crippen LogP contribution in [0.25, 0.3) is 0 Å².